The summed E-state index contributed by atoms with van der Waals surface area (Å²) < 4.78 is 60.5. The lowest BCUT2D eigenvalue weighted by Crippen LogP contribution is -2.30. The van der Waals surface area contributed by atoms with Crippen molar-refractivity contribution in [2.45, 2.75) is 12.7 Å². The molecule has 1 atom stereocenters. The van der Waals surface area contributed by atoms with E-state index >= 15 is 0 Å². The molecule has 0 spiro atoms. The number of furan rings is 1. The lowest BCUT2D eigenvalue weighted by Gasteiger charge is -2.12. The zero-order valence-electron chi connectivity index (χ0n) is 11.4. The molecule has 0 fully saturated rings. The number of amides is 1. The third kappa shape index (κ3) is 4.01. The summed E-state index contributed by atoms with van der Waals surface area (Å²) >= 11 is 0. The number of carbonyl (C=O) groups is 1. The smallest absolute Gasteiger partial charge is 0.387 e. The van der Waals surface area contributed by atoms with Gasteiger partial charge in [-0.15, -0.1) is 0 Å². The molecule has 2 rings (SSSR count). The maximum absolute atomic E-state index is 13.9. The zero-order chi connectivity index (χ0) is 17.0. The molecule has 0 aliphatic rings. The average Bonchev–Trinajstić information content (AvgIpc) is 3.02. The van der Waals surface area contributed by atoms with Gasteiger partial charge < -0.3 is 19.6 Å². The molecule has 1 heterocycles. The Balaban J connectivity index is 2.12. The minimum Gasteiger partial charge on any atom is -0.467 e. The number of aliphatic hydroxyl groups excluding tert-OH is 1. The number of ether oxygens (including phenoxy) is 1. The second kappa shape index (κ2) is 7.14. The van der Waals surface area contributed by atoms with Crippen molar-refractivity contribution >= 4 is 5.91 Å². The minimum absolute atomic E-state index is 0.140. The Morgan fingerprint density at radius 3 is 2.65 bits per heavy atom. The highest BCUT2D eigenvalue weighted by Gasteiger charge is 2.23. The van der Waals surface area contributed by atoms with Gasteiger partial charge in [0.1, 0.15) is 23.2 Å². The van der Waals surface area contributed by atoms with Crippen LogP contribution in [0.4, 0.5) is 17.6 Å². The zero-order valence-corrected chi connectivity index (χ0v) is 11.4. The van der Waals surface area contributed by atoms with Crippen LogP contribution in [-0.4, -0.2) is 24.2 Å². The van der Waals surface area contributed by atoms with Crippen LogP contribution < -0.4 is 10.1 Å². The van der Waals surface area contributed by atoms with E-state index in [0.717, 1.165) is 0 Å². The van der Waals surface area contributed by atoms with Crippen LogP contribution >= 0.6 is 0 Å². The molecule has 23 heavy (non-hydrogen) atoms. The maximum Gasteiger partial charge on any atom is 0.387 e. The van der Waals surface area contributed by atoms with Crippen molar-refractivity contribution in [1.29, 1.82) is 0 Å². The highest BCUT2D eigenvalue weighted by molar-refractivity contribution is 5.95. The first-order valence-electron chi connectivity index (χ1n) is 6.32. The second-order valence-electron chi connectivity index (χ2n) is 4.35. The van der Waals surface area contributed by atoms with Gasteiger partial charge in [0.15, 0.2) is 11.6 Å². The molecule has 1 aromatic heterocycles. The van der Waals surface area contributed by atoms with E-state index in [-0.39, 0.29) is 5.76 Å². The summed E-state index contributed by atoms with van der Waals surface area (Å²) in [4.78, 5) is 11.8. The van der Waals surface area contributed by atoms with Gasteiger partial charge in [-0.05, 0) is 24.3 Å². The number of rotatable bonds is 6. The van der Waals surface area contributed by atoms with Gasteiger partial charge >= 0.3 is 6.61 Å². The van der Waals surface area contributed by atoms with Crippen LogP contribution in [0.1, 0.15) is 22.2 Å². The molecular formula is C14H11F4NO4. The standard InChI is InChI=1S/C14H11F4NO4/c15-7-3-4-10(23-14(17)18)12(16)11(7)13(21)19-6-8(20)9-2-1-5-22-9/h1-5,8,14,20H,6H2,(H,19,21). The summed E-state index contributed by atoms with van der Waals surface area (Å²) in [7, 11) is 0. The summed E-state index contributed by atoms with van der Waals surface area (Å²) in [6.07, 6.45) is 0.0609. The van der Waals surface area contributed by atoms with Crippen molar-refractivity contribution in [1.82, 2.24) is 5.32 Å². The van der Waals surface area contributed by atoms with E-state index in [1.165, 1.54) is 18.4 Å². The van der Waals surface area contributed by atoms with Crippen LogP contribution in [0.25, 0.3) is 0 Å². The van der Waals surface area contributed by atoms with Gasteiger partial charge in [-0.1, -0.05) is 0 Å². The Morgan fingerprint density at radius 2 is 2.04 bits per heavy atom. The van der Waals surface area contributed by atoms with E-state index in [1.54, 1.807) is 0 Å². The Labute approximate surface area is 127 Å². The SMILES string of the molecule is O=C(NCC(O)c1ccco1)c1c(F)ccc(OC(F)F)c1F. The molecule has 0 aliphatic carbocycles. The summed E-state index contributed by atoms with van der Waals surface area (Å²) in [5.41, 5.74) is -1.09. The molecule has 0 aliphatic heterocycles. The first-order valence-corrected chi connectivity index (χ1v) is 6.32. The van der Waals surface area contributed by atoms with Crippen LogP contribution in [0, 0.1) is 11.6 Å². The van der Waals surface area contributed by atoms with Crippen LogP contribution in [0.5, 0.6) is 5.75 Å². The summed E-state index contributed by atoms with van der Waals surface area (Å²) in [5.74, 6) is -4.87. The molecule has 0 bridgehead atoms. The van der Waals surface area contributed by atoms with Crippen LogP contribution in [0.2, 0.25) is 0 Å². The van der Waals surface area contributed by atoms with Crippen molar-refractivity contribution in [3.05, 3.63) is 53.5 Å². The van der Waals surface area contributed by atoms with Crippen LogP contribution in [0.3, 0.4) is 0 Å². The summed E-state index contributed by atoms with van der Waals surface area (Å²) in [6, 6.07) is 4.21. The van der Waals surface area contributed by atoms with Gasteiger partial charge in [0, 0.05) is 0 Å². The molecular weight excluding hydrogens is 322 g/mol. The number of alkyl halides is 2. The number of carbonyl (C=O) groups excluding carboxylic acids is 1. The Kier molecular flexibility index (Phi) is 5.22. The normalized spacial score (nSPS) is 12.3. The fourth-order valence-electron chi connectivity index (χ4n) is 1.79. The molecule has 0 saturated carbocycles. The number of halogens is 4. The molecule has 0 radical (unpaired) electrons. The number of nitrogens with one attached hydrogen (secondary N) is 1. The van der Waals surface area contributed by atoms with Gasteiger partial charge in [0.2, 0.25) is 0 Å². The quantitative estimate of drug-likeness (QED) is 0.797. The van der Waals surface area contributed by atoms with E-state index in [4.69, 9.17) is 4.42 Å². The summed E-state index contributed by atoms with van der Waals surface area (Å²) in [6.45, 7) is -3.72. The van der Waals surface area contributed by atoms with Gasteiger partial charge in [-0.3, -0.25) is 4.79 Å². The molecule has 1 aromatic carbocycles. The molecule has 9 heteroatoms. The minimum atomic E-state index is -3.33. The predicted octanol–water partition coefficient (Wildman–Crippen LogP) is 2.62. The maximum atomic E-state index is 13.9. The lowest BCUT2D eigenvalue weighted by atomic mass is 10.1. The average molecular weight is 333 g/mol. The Bertz CT molecular complexity index is 676. The van der Waals surface area contributed by atoms with E-state index in [9.17, 15) is 27.5 Å². The number of hydrogen-bond acceptors (Lipinski definition) is 4. The molecule has 1 amide bonds. The highest BCUT2D eigenvalue weighted by Crippen LogP contribution is 2.25. The van der Waals surface area contributed by atoms with Crippen LogP contribution in [-0.2, 0) is 0 Å². The summed E-state index contributed by atoms with van der Waals surface area (Å²) in [5, 5.41) is 11.8. The highest BCUT2D eigenvalue weighted by atomic mass is 19.3. The topological polar surface area (TPSA) is 71.7 Å². The van der Waals surface area contributed by atoms with E-state index in [1.807, 2.05) is 0 Å². The third-order valence-corrected chi connectivity index (χ3v) is 2.83. The Morgan fingerprint density at radius 1 is 1.30 bits per heavy atom. The largest absolute Gasteiger partial charge is 0.467 e. The fourth-order valence-corrected chi connectivity index (χ4v) is 1.79. The second-order valence-corrected chi connectivity index (χ2v) is 4.35. The van der Waals surface area contributed by atoms with Crippen molar-refractivity contribution in [2.24, 2.45) is 0 Å². The van der Waals surface area contributed by atoms with Crippen LogP contribution in [0.15, 0.2) is 34.9 Å². The van der Waals surface area contributed by atoms with Crippen molar-refractivity contribution in [2.75, 3.05) is 6.54 Å². The molecule has 1 unspecified atom stereocenters. The predicted molar refractivity (Wildman–Crippen MR) is 69.0 cm³/mol. The molecule has 124 valence electrons. The number of benzene rings is 1. The third-order valence-electron chi connectivity index (χ3n) is 2.83. The molecule has 5 nitrogen and oxygen atoms in total. The number of aliphatic hydroxyl groups is 1. The van der Waals surface area contributed by atoms with Gasteiger partial charge in [0.25, 0.3) is 5.91 Å². The molecule has 2 aromatic rings. The monoisotopic (exact) mass is 333 g/mol. The first kappa shape index (κ1) is 16.8. The Hall–Kier alpha value is -2.55. The van der Waals surface area contributed by atoms with Gasteiger partial charge in [-0.25, -0.2) is 8.78 Å². The van der Waals surface area contributed by atoms with E-state index in [0.29, 0.717) is 12.1 Å². The first-order chi connectivity index (χ1) is 10.9. The number of hydrogen-bond donors (Lipinski definition) is 2. The lowest BCUT2D eigenvalue weighted by molar-refractivity contribution is -0.0523. The molecule has 0 saturated heterocycles. The van der Waals surface area contributed by atoms with E-state index < -0.39 is 48.1 Å². The van der Waals surface area contributed by atoms with Gasteiger partial charge in [0.05, 0.1) is 12.8 Å². The van der Waals surface area contributed by atoms with Crippen molar-refractivity contribution < 1.29 is 36.6 Å². The van der Waals surface area contributed by atoms with Gasteiger partial charge in [-0.2, -0.15) is 8.78 Å². The molecule has 2 N–H and O–H groups in total. The van der Waals surface area contributed by atoms with Crippen molar-refractivity contribution in [3.63, 3.8) is 0 Å². The van der Waals surface area contributed by atoms with E-state index in [2.05, 4.69) is 10.1 Å². The fraction of sp³-hybridized carbons (Fsp3) is 0.214. The van der Waals surface area contributed by atoms with Crippen molar-refractivity contribution in [3.8, 4) is 5.75 Å².